The van der Waals surface area contributed by atoms with E-state index in [4.69, 9.17) is 0 Å². The summed E-state index contributed by atoms with van der Waals surface area (Å²) >= 11 is 0. The van der Waals surface area contributed by atoms with E-state index < -0.39 is 0 Å². The Balaban J connectivity index is 0. The van der Waals surface area contributed by atoms with E-state index in [2.05, 4.69) is 0 Å². The van der Waals surface area contributed by atoms with Crippen LogP contribution in [-0.2, 0) is 0 Å². The molecule has 0 radical (unpaired) electrons. The zero-order valence-corrected chi connectivity index (χ0v) is 1.41. The van der Waals surface area contributed by atoms with Crippen molar-refractivity contribution in [2.45, 2.75) is 0 Å². The summed E-state index contributed by atoms with van der Waals surface area (Å²) in [6.45, 7) is 0. The van der Waals surface area contributed by atoms with Gasteiger partial charge in [0, 0.05) is 0 Å². The molecule has 0 unspecified atom stereocenters. The van der Waals surface area contributed by atoms with Gasteiger partial charge in [-0.3, -0.25) is 0 Å². The molecule has 0 spiro atoms. The van der Waals surface area contributed by atoms with Crippen LogP contribution in [0.15, 0.2) is 0 Å². The van der Waals surface area contributed by atoms with Gasteiger partial charge in [-0.05, 0) is 0 Å². The van der Waals surface area contributed by atoms with E-state index in [1.54, 1.807) is 0 Å². The molecule has 0 rings (SSSR count). The number of hydrogen-bond acceptors (Lipinski definition) is 2. The molecule has 6 N–H and O–H groups in total. The third-order valence-corrected chi connectivity index (χ3v) is 0. The molecule has 0 amide bonds. The van der Waals surface area contributed by atoms with Gasteiger partial charge < -0.3 is 12.3 Å². The molecule has 0 fully saturated rings. The third kappa shape index (κ3) is 8.89. The van der Waals surface area contributed by atoms with E-state index in [1.165, 1.54) is 0 Å². The van der Waals surface area contributed by atoms with Crippen LogP contribution < -0.4 is 12.3 Å². The van der Waals surface area contributed by atoms with Crippen molar-refractivity contribution in [3.8, 4) is 0 Å². The molecular formula is H9CaN2Na. The van der Waals surface area contributed by atoms with Crippen LogP contribution in [0.4, 0.5) is 0 Å². The predicted octanol–water partition coefficient (Wildman–Crippen LogP) is -1.24. The summed E-state index contributed by atoms with van der Waals surface area (Å²) in [6.07, 6.45) is 0. The van der Waals surface area contributed by atoms with Gasteiger partial charge >= 0.3 is 67.3 Å². The molecule has 0 aliphatic heterocycles. The van der Waals surface area contributed by atoms with Crippen LogP contribution in [0.1, 0.15) is 0 Å². The summed E-state index contributed by atoms with van der Waals surface area (Å²) in [5, 5.41) is 0. The standard InChI is InChI=1S/Ca.2H3N.Na.3H/h;2*1H3;;;;. The van der Waals surface area contributed by atoms with Gasteiger partial charge in [0.1, 0.15) is 0 Å². The van der Waals surface area contributed by atoms with Crippen molar-refractivity contribution < 1.29 is 0 Å². The van der Waals surface area contributed by atoms with E-state index in [0.29, 0.717) is 0 Å². The van der Waals surface area contributed by atoms with Crippen LogP contribution >= 0.6 is 0 Å². The average molecular weight is 100 g/mol. The summed E-state index contributed by atoms with van der Waals surface area (Å²) in [4.78, 5) is 0. The van der Waals surface area contributed by atoms with Gasteiger partial charge in [0.15, 0.2) is 0 Å². The normalized spacial score (nSPS) is 0. The summed E-state index contributed by atoms with van der Waals surface area (Å²) in [6, 6.07) is 0. The molecule has 0 atom stereocenters. The van der Waals surface area contributed by atoms with Crippen molar-refractivity contribution in [3.63, 3.8) is 0 Å². The van der Waals surface area contributed by atoms with Gasteiger partial charge in [-0.1, -0.05) is 0 Å². The number of rotatable bonds is 0. The molecule has 0 aliphatic carbocycles. The first kappa shape index (κ1) is 34.9. The monoisotopic (exact) mass is 100 g/mol. The molecule has 4 heavy (non-hydrogen) atoms. The minimum atomic E-state index is 0. The molecule has 0 aromatic carbocycles. The second kappa shape index (κ2) is 19.0. The molecule has 0 saturated carbocycles. The molecule has 4 heteroatoms. The zero-order chi connectivity index (χ0) is 0. The van der Waals surface area contributed by atoms with E-state index in [9.17, 15) is 0 Å². The van der Waals surface area contributed by atoms with Crippen LogP contribution in [0.3, 0.4) is 0 Å². The first-order valence-corrected chi connectivity index (χ1v) is 0. The predicted molar refractivity (Wildman–Crippen MR) is 25.7 cm³/mol. The Hall–Kier alpha value is 2.18. The first-order chi connectivity index (χ1) is 0. The fourth-order valence-electron chi connectivity index (χ4n) is 0. The Morgan fingerprint density at radius 2 is 0.750 bits per heavy atom. The topological polar surface area (TPSA) is 70.0 Å². The Morgan fingerprint density at radius 3 is 0.750 bits per heavy atom. The summed E-state index contributed by atoms with van der Waals surface area (Å²) in [5.74, 6) is 0. The summed E-state index contributed by atoms with van der Waals surface area (Å²) in [7, 11) is 0. The first-order valence-electron chi connectivity index (χ1n) is 0. The Labute approximate surface area is 78.2 Å². The maximum atomic E-state index is 0. The van der Waals surface area contributed by atoms with Crippen molar-refractivity contribution in [2.24, 2.45) is 0 Å². The number of hydrogen-bond donors (Lipinski definition) is 2. The fourth-order valence-corrected chi connectivity index (χ4v) is 0. The quantitative estimate of drug-likeness (QED) is 0.374. The Kier molecular flexibility index (Phi) is 166. The summed E-state index contributed by atoms with van der Waals surface area (Å²) < 4.78 is 0. The fraction of sp³-hybridized carbons (Fsp3) is 0. The van der Waals surface area contributed by atoms with E-state index >= 15 is 0 Å². The molecule has 0 bridgehead atoms. The SMILES string of the molecule is N.N.[CaH2].[NaH]. The van der Waals surface area contributed by atoms with Gasteiger partial charge in [-0.15, -0.1) is 0 Å². The van der Waals surface area contributed by atoms with Crippen LogP contribution in [0.5, 0.6) is 0 Å². The molecule has 0 aromatic rings. The molecule has 2 nitrogen and oxygen atoms in total. The van der Waals surface area contributed by atoms with Crippen molar-refractivity contribution in [3.05, 3.63) is 0 Å². The Morgan fingerprint density at radius 1 is 0.750 bits per heavy atom. The molecule has 0 aromatic heterocycles. The van der Waals surface area contributed by atoms with Crippen LogP contribution in [0.25, 0.3) is 0 Å². The molecule has 22 valence electrons. The molecule has 0 aliphatic rings. The van der Waals surface area contributed by atoms with Gasteiger partial charge in [0.25, 0.3) is 0 Å². The Bertz CT molecular complexity index is 6.00. The summed E-state index contributed by atoms with van der Waals surface area (Å²) in [5.41, 5.74) is 0. The van der Waals surface area contributed by atoms with Crippen molar-refractivity contribution in [2.75, 3.05) is 0 Å². The van der Waals surface area contributed by atoms with Crippen molar-refractivity contribution in [1.29, 1.82) is 0 Å². The average Bonchev–Trinajstić information content (AvgIpc) is 0. The second-order valence-corrected chi connectivity index (χ2v) is 0. The van der Waals surface area contributed by atoms with Gasteiger partial charge in [0.05, 0.1) is 0 Å². The van der Waals surface area contributed by atoms with Crippen LogP contribution in [0.2, 0.25) is 0 Å². The van der Waals surface area contributed by atoms with Gasteiger partial charge in [0.2, 0.25) is 0 Å². The third-order valence-electron chi connectivity index (χ3n) is 0. The maximum absolute atomic E-state index is 0. The van der Waals surface area contributed by atoms with Crippen molar-refractivity contribution in [1.82, 2.24) is 12.3 Å². The molecule has 0 saturated heterocycles. The van der Waals surface area contributed by atoms with Crippen molar-refractivity contribution >= 4 is 67.3 Å². The second-order valence-electron chi connectivity index (χ2n) is 0. The molecular weight excluding hydrogens is 91.1 g/mol. The van der Waals surface area contributed by atoms with Gasteiger partial charge in [-0.25, -0.2) is 0 Å². The van der Waals surface area contributed by atoms with Crippen LogP contribution in [-0.4, -0.2) is 67.3 Å². The van der Waals surface area contributed by atoms with E-state index in [-0.39, 0.29) is 79.6 Å². The molecule has 0 heterocycles. The van der Waals surface area contributed by atoms with Gasteiger partial charge in [-0.2, -0.15) is 0 Å². The van der Waals surface area contributed by atoms with E-state index in [0.717, 1.165) is 0 Å². The van der Waals surface area contributed by atoms with Crippen LogP contribution in [0, 0.1) is 0 Å². The minimum absolute atomic E-state index is 0. The van der Waals surface area contributed by atoms with E-state index in [1.807, 2.05) is 0 Å². The zero-order valence-electron chi connectivity index (χ0n) is 1.41.